The van der Waals surface area contributed by atoms with Crippen molar-refractivity contribution >= 4 is 12.1 Å². The first-order valence-corrected chi connectivity index (χ1v) is 6.86. The summed E-state index contributed by atoms with van der Waals surface area (Å²) in [6.45, 7) is 8.31. The second-order valence-corrected chi connectivity index (χ2v) is 4.23. The lowest BCUT2D eigenvalue weighted by atomic mass is 10.2. The Hall–Kier alpha value is -1.52. The number of carbonyl (C=O) groups excluding carboxylic acids is 2. The van der Waals surface area contributed by atoms with Gasteiger partial charge in [0, 0.05) is 0 Å². The van der Waals surface area contributed by atoms with Crippen molar-refractivity contribution in [2.75, 3.05) is 13.2 Å². The summed E-state index contributed by atoms with van der Waals surface area (Å²) in [5, 5.41) is 2.50. The zero-order valence-electron chi connectivity index (χ0n) is 11.9. The van der Waals surface area contributed by atoms with E-state index in [0.29, 0.717) is 19.6 Å². The molecule has 0 radical (unpaired) electrons. The SMILES string of the molecule is C=CCC(NC(=O)OCCCC)C(=O)OCCCC. The largest absolute Gasteiger partial charge is 0.464 e. The Morgan fingerprint density at radius 3 is 2.26 bits per heavy atom. The van der Waals surface area contributed by atoms with Gasteiger partial charge in [-0.25, -0.2) is 9.59 Å². The Balaban J connectivity index is 4.11. The van der Waals surface area contributed by atoms with Crippen LogP contribution in [0.3, 0.4) is 0 Å². The Bertz CT molecular complexity index is 279. The predicted molar refractivity (Wildman–Crippen MR) is 73.9 cm³/mol. The number of ether oxygens (including phenoxy) is 2. The van der Waals surface area contributed by atoms with E-state index in [2.05, 4.69) is 11.9 Å². The maximum Gasteiger partial charge on any atom is 0.407 e. The maximum absolute atomic E-state index is 11.7. The number of hydrogen-bond donors (Lipinski definition) is 1. The molecule has 0 aliphatic rings. The Labute approximate surface area is 115 Å². The fourth-order valence-electron chi connectivity index (χ4n) is 1.29. The molecule has 0 aromatic rings. The summed E-state index contributed by atoms with van der Waals surface area (Å²) < 4.78 is 10.0. The monoisotopic (exact) mass is 271 g/mol. The van der Waals surface area contributed by atoms with Gasteiger partial charge in [0.1, 0.15) is 6.04 Å². The van der Waals surface area contributed by atoms with Gasteiger partial charge in [0.15, 0.2) is 0 Å². The van der Waals surface area contributed by atoms with Crippen molar-refractivity contribution < 1.29 is 19.1 Å². The van der Waals surface area contributed by atoms with Crippen molar-refractivity contribution in [3.05, 3.63) is 12.7 Å². The molecule has 0 bridgehead atoms. The van der Waals surface area contributed by atoms with E-state index >= 15 is 0 Å². The summed E-state index contributed by atoms with van der Waals surface area (Å²) in [7, 11) is 0. The van der Waals surface area contributed by atoms with E-state index in [9.17, 15) is 9.59 Å². The van der Waals surface area contributed by atoms with Gasteiger partial charge in [-0.3, -0.25) is 0 Å². The molecule has 1 amide bonds. The minimum Gasteiger partial charge on any atom is -0.464 e. The van der Waals surface area contributed by atoms with Crippen LogP contribution in [0, 0.1) is 0 Å². The van der Waals surface area contributed by atoms with E-state index in [1.165, 1.54) is 0 Å². The molecule has 0 saturated heterocycles. The maximum atomic E-state index is 11.7. The van der Waals surface area contributed by atoms with E-state index in [1.54, 1.807) is 6.08 Å². The standard InChI is InChI=1S/C14H25NO4/c1-4-7-10-18-13(16)12(9-6-3)15-14(17)19-11-8-5-2/h6,12H,3-5,7-11H2,1-2H3,(H,15,17). The third kappa shape index (κ3) is 9.11. The molecule has 0 heterocycles. The molecule has 0 aliphatic carbocycles. The average Bonchev–Trinajstić information content (AvgIpc) is 2.38. The van der Waals surface area contributed by atoms with Crippen LogP contribution in [0.1, 0.15) is 46.0 Å². The Kier molecular flexibility index (Phi) is 10.6. The number of rotatable bonds is 10. The molecular weight excluding hydrogens is 246 g/mol. The quantitative estimate of drug-likeness (QED) is 0.377. The van der Waals surface area contributed by atoms with Gasteiger partial charge in [-0.15, -0.1) is 6.58 Å². The summed E-state index contributed by atoms with van der Waals surface area (Å²) in [5.74, 6) is -0.444. The first kappa shape index (κ1) is 17.5. The first-order chi connectivity index (χ1) is 9.15. The molecule has 1 unspecified atom stereocenters. The molecule has 0 saturated carbocycles. The van der Waals surface area contributed by atoms with Crippen LogP contribution in [0.2, 0.25) is 0 Å². The number of unbranched alkanes of at least 4 members (excludes halogenated alkanes) is 2. The number of carbonyl (C=O) groups is 2. The fraction of sp³-hybridized carbons (Fsp3) is 0.714. The van der Waals surface area contributed by atoms with Crippen LogP contribution in [0.5, 0.6) is 0 Å². The number of esters is 1. The number of hydrogen-bond acceptors (Lipinski definition) is 4. The van der Waals surface area contributed by atoms with Crippen molar-refractivity contribution in [2.24, 2.45) is 0 Å². The highest BCUT2D eigenvalue weighted by Gasteiger charge is 2.21. The van der Waals surface area contributed by atoms with Crippen molar-refractivity contribution in [1.82, 2.24) is 5.32 Å². The van der Waals surface area contributed by atoms with Crippen LogP contribution in [0.4, 0.5) is 4.79 Å². The Morgan fingerprint density at radius 2 is 1.74 bits per heavy atom. The van der Waals surface area contributed by atoms with Crippen LogP contribution in [0.25, 0.3) is 0 Å². The second kappa shape index (κ2) is 11.6. The highest BCUT2D eigenvalue weighted by molar-refractivity contribution is 5.81. The van der Waals surface area contributed by atoms with Crippen LogP contribution < -0.4 is 5.32 Å². The zero-order valence-corrected chi connectivity index (χ0v) is 11.9. The van der Waals surface area contributed by atoms with E-state index in [4.69, 9.17) is 9.47 Å². The summed E-state index contributed by atoms with van der Waals surface area (Å²) in [6.07, 6.45) is 4.82. The molecule has 0 aromatic carbocycles. The van der Waals surface area contributed by atoms with Gasteiger partial charge >= 0.3 is 12.1 Å². The molecule has 110 valence electrons. The average molecular weight is 271 g/mol. The van der Waals surface area contributed by atoms with Crippen molar-refractivity contribution in [3.63, 3.8) is 0 Å². The summed E-state index contributed by atoms with van der Waals surface area (Å²) in [5.41, 5.74) is 0. The topological polar surface area (TPSA) is 64.6 Å². The van der Waals surface area contributed by atoms with Gasteiger partial charge < -0.3 is 14.8 Å². The molecule has 19 heavy (non-hydrogen) atoms. The van der Waals surface area contributed by atoms with Gasteiger partial charge in [0.05, 0.1) is 13.2 Å². The fourth-order valence-corrected chi connectivity index (χ4v) is 1.29. The minimum absolute atomic E-state index is 0.327. The smallest absolute Gasteiger partial charge is 0.407 e. The number of amides is 1. The van der Waals surface area contributed by atoms with E-state index in [1.807, 2.05) is 13.8 Å². The van der Waals surface area contributed by atoms with Gasteiger partial charge in [-0.1, -0.05) is 32.8 Å². The summed E-state index contributed by atoms with van der Waals surface area (Å²) >= 11 is 0. The molecule has 5 heteroatoms. The van der Waals surface area contributed by atoms with E-state index < -0.39 is 18.1 Å². The lowest BCUT2D eigenvalue weighted by molar-refractivity contribution is -0.146. The van der Waals surface area contributed by atoms with Gasteiger partial charge in [0.25, 0.3) is 0 Å². The lowest BCUT2D eigenvalue weighted by Gasteiger charge is -2.16. The molecule has 0 aliphatic heterocycles. The molecule has 0 aromatic heterocycles. The molecule has 0 fully saturated rings. The van der Waals surface area contributed by atoms with Gasteiger partial charge in [-0.2, -0.15) is 0 Å². The van der Waals surface area contributed by atoms with Gasteiger partial charge in [0.2, 0.25) is 0 Å². The van der Waals surface area contributed by atoms with Crippen molar-refractivity contribution in [3.8, 4) is 0 Å². The predicted octanol–water partition coefficient (Wildman–Crippen LogP) is 2.80. The normalized spacial score (nSPS) is 11.5. The van der Waals surface area contributed by atoms with E-state index in [-0.39, 0.29) is 0 Å². The minimum atomic E-state index is -0.719. The van der Waals surface area contributed by atoms with Crippen molar-refractivity contribution in [1.29, 1.82) is 0 Å². The number of nitrogens with one attached hydrogen (secondary N) is 1. The molecule has 1 atom stereocenters. The van der Waals surface area contributed by atoms with Crippen LogP contribution in [0.15, 0.2) is 12.7 Å². The van der Waals surface area contributed by atoms with Crippen molar-refractivity contribution in [2.45, 2.75) is 52.0 Å². The van der Waals surface area contributed by atoms with Crippen LogP contribution in [-0.2, 0) is 14.3 Å². The highest BCUT2D eigenvalue weighted by Crippen LogP contribution is 2.00. The zero-order chi connectivity index (χ0) is 14.5. The van der Waals surface area contributed by atoms with Crippen LogP contribution in [-0.4, -0.2) is 31.3 Å². The van der Waals surface area contributed by atoms with E-state index in [0.717, 1.165) is 25.7 Å². The number of alkyl carbamates (subject to hydrolysis) is 1. The first-order valence-electron chi connectivity index (χ1n) is 6.86. The summed E-state index contributed by atoms with van der Waals surface area (Å²) in [6, 6.07) is -0.719. The Morgan fingerprint density at radius 1 is 1.16 bits per heavy atom. The highest BCUT2D eigenvalue weighted by atomic mass is 16.6. The molecule has 0 rings (SSSR count). The molecular formula is C14H25NO4. The third-order valence-electron chi connectivity index (χ3n) is 2.45. The van der Waals surface area contributed by atoms with Crippen LogP contribution >= 0.6 is 0 Å². The summed E-state index contributed by atoms with van der Waals surface area (Å²) in [4.78, 5) is 23.2. The van der Waals surface area contributed by atoms with Gasteiger partial charge in [-0.05, 0) is 19.3 Å². The second-order valence-electron chi connectivity index (χ2n) is 4.23. The molecule has 0 spiro atoms. The lowest BCUT2D eigenvalue weighted by Crippen LogP contribution is -2.42. The molecule has 1 N–H and O–H groups in total. The molecule has 5 nitrogen and oxygen atoms in total. The third-order valence-corrected chi connectivity index (χ3v) is 2.45.